The van der Waals surface area contributed by atoms with Crippen molar-refractivity contribution in [3.05, 3.63) is 64.7 Å². The Hall–Kier alpha value is -2.33. The first kappa shape index (κ1) is 20.0. The van der Waals surface area contributed by atoms with Crippen LogP contribution in [0.2, 0.25) is 0 Å². The summed E-state index contributed by atoms with van der Waals surface area (Å²) in [7, 11) is 1.74. The Morgan fingerprint density at radius 2 is 1.92 bits per heavy atom. The third-order valence-electron chi connectivity index (χ3n) is 4.65. The van der Waals surface area contributed by atoms with Gasteiger partial charge in [0.1, 0.15) is 12.4 Å². The lowest BCUT2D eigenvalue weighted by molar-refractivity contribution is 0.0696. The van der Waals surface area contributed by atoms with Crippen molar-refractivity contribution < 1.29 is 19.4 Å². The molecule has 0 bridgehead atoms. The van der Waals surface area contributed by atoms with Gasteiger partial charge in [-0.25, -0.2) is 4.79 Å². The van der Waals surface area contributed by atoms with E-state index in [9.17, 15) is 9.90 Å². The normalized spacial score (nSPS) is 12.0. The van der Waals surface area contributed by atoms with Gasteiger partial charge in [0.2, 0.25) is 0 Å². The quantitative estimate of drug-likeness (QED) is 0.568. The van der Waals surface area contributed by atoms with Crippen molar-refractivity contribution in [1.82, 2.24) is 0 Å². The van der Waals surface area contributed by atoms with E-state index >= 15 is 0 Å². The smallest absolute Gasteiger partial charge is 0.335 e. The molecule has 26 heavy (non-hydrogen) atoms. The van der Waals surface area contributed by atoms with E-state index in [4.69, 9.17) is 9.47 Å². The van der Waals surface area contributed by atoms with E-state index in [1.807, 2.05) is 31.2 Å². The zero-order valence-electron chi connectivity index (χ0n) is 15.8. The number of ether oxygens (including phenoxy) is 2. The maximum Gasteiger partial charge on any atom is 0.335 e. The maximum atomic E-state index is 11.3. The van der Waals surface area contributed by atoms with Crippen molar-refractivity contribution >= 4 is 5.97 Å². The largest absolute Gasteiger partial charge is 0.489 e. The molecule has 2 aromatic rings. The average Bonchev–Trinajstić information content (AvgIpc) is 2.64. The standard InChI is InChI=1S/C22H28O4/c1-4-5-6-13-21(25-3)17-9-7-11-19(14-17)26-15-18-10-8-12-20(16(18)2)22(23)24/h7-12,14,21H,4-6,13,15H2,1-3H3,(H,23,24). The number of methoxy groups -OCH3 is 1. The van der Waals surface area contributed by atoms with Gasteiger partial charge in [-0.1, -0.05) is 50.5 Å². The molecule has 4 nitrogen and oxygen atoms in total. The number of unbranched alkanes of at least 4 members (excludes halogenated alkanes) is 2. The summed E-state index contributed by atoms with van der Waals surface area (Å²) in [6.45, 7) is 4.34. The molecule has 0 aliphatic rings. The molecule has 0 amide bonds. The highest BCUT2D eigenvalue weighted by molar-refractivity contribution is 5.89. The molecule has 0 heterocycles. The molecule has 4 heteroatoms. The second kappa shape index (κ2) is 9.97. The van der Waals surface area contributed by atoms with Crippen molar-refractivity contribution in [2.45, 2.75) is 52.2 Å². The first-order valence-corrected chi connectivity index (χ1v) is 9.14. The predicted octanol–water partition coefficient (Wildman–Crippen LogP) is 5.54. The molecule has 0 aromatic heterocycles. The van der Waals surface area contributed by atoms with Crippen LogP contribution in [0.3, 0.4) is 0 Å². The maximum absolute atomic E-state index is 11.3. The molecular weight excluding hydrogens is 328 g/mol. The second-order valence-corrected chi connectivity index (χ2v) is 6.48. The fourth-order valence-corrected chi connectivity index (χ4v) is 3.04. The molecule has 0 saturated carbocycles. The molecule has 1 unspecified atom stereocenters. The summed E-state index contributed by atoms with van der Waals surface area (Å²) in [5.74, 6) is -0.151. The number of hydrogen-bond acceptors (Lipinski definition) is 3. The van der Waals surface area contributed by atoms with Crippen LogP contribution >= 0.6 is 0 Å². The summed E-state index contributed by atoms with van der Waals surface area (Å²) in [6, 6.07) is 13.2. The van der Waals surface area contributed by atoms with Gasteiger partial charge in [-0.3, -0.25) is 0 Å². The van der Waals surface area contributed by atoms with Crippen molar-refractivity contribution in [2.24, 2.45) is 0 Å². The molecule has 0 radical (unpaired) electrons. The van der Waals surface area contributed by atoms with Gasteiger partial charge in [-0.15, -0.1) is 0 Å². The number of aromatic carboxylic acids is 1. The number of hydrogen-bond donors (Lipinski definition) is 1. The summed E-state index contributed by atoms with van der Waals surface area (Å²) in [4.78, 5) is 11.3. The van der Waals surface area contributed by atoms with Gasteiger partial charge in [0.05, 0.1) is 11.7 Å². The minimum atomic E-state index is -0.915. The van der Waals surface area contributed by atoms with Crippen LogP contribution in [0, 0.1) is 6.92 Å². The van der Waals surface area contributed by atoms with E-state index in [1.165, 1.54) is 12.8 Å². The Morgan fingerprint density at radius 1 is 1.15 bits per heavy atom. The van der Waals surface area contributed by atoms with Crippen LogP contribution in [0.15, 0.2) is 42.5 Å². The Bertz CT molecular complexity index is 724. The topological polar surface area (TPSA) is 55.8 Å². The number of benzene rings is 2. The Kier molecular flexibility index (Phi) is 7.67. The van der Waals surface area contributed by atoms with Gasteiger partial charge in [-0.05, 0) is 48.2 Å². The number of carbonyl (C=O) groups is 1. The van der Waals surface area contributed by atoms with Gasteiger partial charge in [0.25, 0.3) is 0 Å². The van der Waals surface area contributed by atoms with Crippen LogP contribution in [-0.2, 0) is 11.3 Å². The average molecular weight is 356 g/mol. The van der Waals surface area contributed by atoms with E-state index in [1.54, 1.807) is 19.2 Å². The molecule has 0 spiro atoms. The van der Waals surface area contributed by atoms with E-state index < -0.39 is 5.97 Å². The lowest BCUT2D eigenvalue weighted by Crippen LogP contribution is -2.05. The minimum Gasteiger partial charge on any atom is -0.489 e. The van der Waals surface area contributed by atoms with Gasteiger partial charge < -0.3 is 14.6 Å². The third kappa shape index (κ3) is 5.33. The summed E-state index contributed by atoms with van der Waals surface area (Å²) < 4.78 is 11.6. The Balaban J connectivity index is 2.07. The van der Waals surface area contributed by atoms with Crippen LogP contribution in [-0.4, -0.2) is 18.2 Å². The molecule has 0 saturated heterocycles. The number of rotatable bonds is 10. The molecule has 2 aromatic carbocycles. The van der Waals surface area contributed by atoms with Crippen molar-refractivity contribution in [3.8, 4) is 5.75 Å². The Labute approximate surface area is 155 Å². The summed E-state index contributed by atoms with van der Waals surface area (Å²) in [5.41, 5.74) is 3.04. The Morgan fingerprint density at radius 3 is 2.62 bits per heavy atom. The van der Waals surface area contributed by atoms with Gasteiger partial charge >= 0.3 is 5.97 Å². The molecule has 2 rings (SSSR count). The second-order valence-electron chi connectivity index (χ2n) is 6.48. The molecular formula is C22H28O4. The fourth-order valence-electron chi connectivity index (χ4n) is 3.04. The van der Waals surface area contributed by atoms with Gasteiger partial charge in [0.15, 0.2) is 0 Å². The van der Waals surface area contributed by atoms with E-state index in [0.29, 0.717) is 12.2 Å². The van der Waals surface area contributed by atoms with Gasteiger partial charge in [0, 0.05) is 7.11 Å². The molecule has 140 valence electrons. The summed E-state index contributed by atoms with van der Waals surface area (Å²) in [6.07, 6.45) is 4.60. The lowest BCUT2D eigenvalue weighted by Gasteiger charge is -2.17. The first-order valence-electron chi connectivity index (χ1n) is 9.14. The zero-order valence-corrected chi connectivity index (χ0v) is 15.8. The van der Waals surface area contributed by atoms with Crippen LogP contribution < -0.4 is 4.74 Å². The van der Waals surface area contributed by atoms with E-state index in [-0.39, 0.29) is 6.10 Å². The lowest BCUT2D eigenvalue weighted by atomic mass is 10.0. The van der Waals surface area contributed by atoms with Crippen LogP contribution in [0.5, 0.6) is 5.75 Å². The molecule has 0 fully saturated rings. The minimum absolute atomic E-state index is 0.0715. The van der Waals surface area contributed by atoms with Crippen LogP contribution in [0.25, 0.3) is 0 Å². The van der Waals surface area contributed by atoms with Crippen molar-refractivity contribution in [3.63, 3.8) is 0 Å². The molecule has 0 aliphatic carbocycles. The van der Waals surface area contributed by atoms with E-state index in [0.717, 1.165) is 35.3 Å². The number of carboxylic acid groups (broad SMARTS) is 1. The van der Waals surface area contributed by atoms with E-state index in [2.05, 4.69) is 13.0 Å². The SMILES string of the molecule is CCCCCC(OC)c1cccc(OCc2cccc(C(=O)O)c2C)c1. The molecule has 0 aliphatic heterocycles. The highest BCUT2D eigenvalue weighted by Crippen LogP contribution is 2.27. The molecule has 1 atom stereocenters. The number of carboxylic acids is 1. The summed E-state index contributed by atoms with van der Waals surface area (Å²) >= 11 is 0. The highest BCUT2D eigenvalue weighted by atomic mass is 16.5. The van der Waals surface area contributed by atoms with Crippen LogP contribution in [0.1, 0.15) is 65.8 Å². The predicted molar refractivity (Wildman–Crippen MR) is 103 cm³/mol. The first-order chi connectivity index (χ1) is 12.6. The molecule has 1 N–H and O–H groups in total. The fraction of sp³-hybridized carbons (Fsp3) is 0.409. The van der Waals surface area contributed by atoms with Crippen molar-refractivity contribution in [1.29, 1.82) is 0 Å². The monoisotopic (exact) mass is 356 g/mol. The third-order valence-corrected chi connectivity index (χ3v) is 4.65. The van der Waals surface area contributed by atoms with Crippen molar-refractivity contribution in [2.75, 3.05) is 7.11 Å². The summed E-state index contributed by atoms with van der Waals surface area (Å²) in [5, 5.41) is 9.23. The van der Waals surface area contributed by atoms with Gasteiger partial charge in [-0.2, -0.15) is 0 Å². The zero-order chi connectivity index (χ0) is 18.9. The van der Waals surface area contributed by atoms with Crippen LogP contribution in [0.4, 0.5) is 0 Å². The highest BCUT2D eigenvalue weighted by Gasteiger charge is 2.12.